The van der Waals surface area contributed by atoms with Gasteiger partial charge in [-0.25, -0.2) is 0 Å². The van der Waals surface area contributed by atoms with Crippen molar-refractivity contribution in [2.75, 3.05) is 0 Å². The zero-order chi connectivity index (χ0) is 14.9. The summed E-state index contributed by atoms with van der Waals surface area (Å²) in [6, 6.07) is 10.4. The molecule has 0 heterocycles. The van der Waals surface area contributed by atoms with Crippen LogP contribution in [0.1, 0.15) is 38.2 Å². The molecule has 2 rings (SSSR count). The summed E-state index contributed by atoms with van der Waals surface area (Å²) in [5.74, 6) is 0. The molecule has 0 aliphatic heterocycles. The van der Waals surface area contributed by atoms with Gasteiger partial charge in [-0.05, 0) is 70.8 Å². The van der Waals surface area contributed by atoms with Gasteiger partial charge in [-0.15, -0.1) is 0 Å². The SMILES string of the molecule is Cc1cc(C)c(C(=O)Pc2c(C)cccc2C)c(C)c1.[Li+]. The van der Waals surface area contributed by atoms with Crippen LogP contribution in [0.15, 0.2) is 30.3 Å². The first-order chi connectivity index (χ1) is 9.40. The Kier molecular flexibility index (Phi) is 6.42. The van der Waals surface area contributed by atoms with Crippen molar-refractivity contribution in [3.8, 4) is 0 Å². The van der Waals surface area contributed by atoms with Crippen LogP contribution in [-0.4, -0.2) is 5.52 Å². The number of hydrogen-bond acceptors (Lipinski definition) is 1. The molecule has 0 spiro atoms. The van der Waals surface area contributed by atoms with Gasteiger partial charge in [0.15, 0.2) is 5.52 Å². The summed E-state index contributed by atoms with van der Waals surface area (Å²) in [5, 5.41) is 1.19. The summed E-state index contributed by atoms with van der Waals surface area (Å²) in [6.45, 7) is 10.3. The van der Waals surface area contributed by atoms with Gasteiger partial charge in [-0.1, -0.05) is 35.9 Å². The Labute approximate surface area is 141 Å². The summed E-state index contributed by atoms with van der Waals surface area (Å²) in [7, 11) is 0.204. The van der Waals surface area contributed by atoms with Crippen LogP contribution in [0.25, 0.3) is 0 Å². The molecule has 0 radical (unpaired) electrons. The Bertz CT molecular complexity index is 634. The van der Waals surface area contributed by atoms with Crippen LogP contribution in [0.3, 0.4) is 0 Å². The van der Waals surface area contributed by atoms with E-state index in [9.17, 15) is 4.79 Å². The van der Waals surface area contributed by atoms with Crippen LogP contribution in [0, 0.1) is 34.6 Å². The van der Waals surface area contributed by atoms with Crippen molar-refractivity contribution < 1.29 is 23.7 Å². The Morgan fingerprint density at radius 1 is 0.857 bits per heavy atom. The van der Waals surface area contributed by atoms with E-state index in [1.807, 2.05) is 19.9 Å². The van der Waals surface area contributed by atoms with Crippen molar-refractivity contribution >= 4 is 19.4 Å². The molecule has 0 N–H and O–H groups in total. The van der Waals surface area contributed by atoms with Gasteiger partial charge in [0.2, 0.25) is 0 Å². The van der Waals surface area contributed by atoms with Crippen LogP contribution >= 0.6 is 8.58 Å². The molecule has 2 aromatic rings. The van der Waals surface area contributed by atoms with Gasteiger partial charge in [0, 0.05) is 5.56 Å². The first-order valence-corrected chi connectivity index (χ1v) is 7.85. The molecule has 2 aromatic carbocycles. The minimum Gasteiger partial charge on any atom is -0.289 e. The van der Waals surface area contributed by atoms with Gasteiger partial charge in [-0.3, -0.25) is 4.79 Å². The molecule has 3 heteroatoms. The Balaban J connectivity index is 0.00000220. The van der Waals surface area contributed by atoms with E-state index < -0.39 is 0 Å². The second kappa shape index (κ2) is 7.42. The van der Waals surface area contributed by atoms with Gasteiger partial charge in [-0.2, -0.15) is 0 Å². The Hall–Kier alpha value is -0.863. The second-order valence-electron chi connectivity index (χ2n) is 5.49. The van der Waals surface area contributed by atoms with E-state index in [1.54, 1.807) is 0 Å². The van der Waals surface area contributed by atoms with E-state index in [-0.39, 0.29) is 33.0 Å². The van der Waals surface area contributed by atoms with Crippen LogP contribution in [-0.2, 0) is 0 Å². The van der Waals surface area contributed by atoms with Crippen molar-refractivity contribution in [3.63, 3.8) is 0 Å². The molecule has 0 aliphatic carbocycles. The van der Waals surface area contributed by atoms with E-state index in [2.05, 4.69) is 45.0 Å². The fraction of sp³-hybridized carbons (Fsp3) is 0.278. The van der Waals surface area contributed by atoms with Crippen LogP contribution in [0.4, 0.5) is 0 Å². The average molecular weight is 291 g/mol. The third-order valence-electron chi connectivity index (χ3n) is 3.62. The summed E-state index contributed by atoms with van der Waals surface area (Å²) in [5.41, 5.74) is 6.96. The molecule has 21 heavy (non-hydrogen) atoms. The zero-order valence-electron chi connectivity index (χ0n) is 13.8. The number of carbonyl (C=O) groups excluding carboxylic acids is 1. The molecule has 0 aliphatic rings. The molecule has 1 unspecified atom stereocenters. The zero-order valence-corrected chi connectivity index (χ0v) is 14.8. The summed E-state index contributed by atoms with van der Waals surface area (Å²) >= 11 is 0. The maximum Gasteiger partial charge on any atom is 1.00 e. The van der Waals surface area contributed by atoms with Gasteiger partial charge in [0.05, 0.1) is 0 Å². The van der Waals surface area contributed by atoms with Crippen molar-refractivity contribution in [1.29, 1.82) is 0 Å². The maximum absolute atomic E-state index is 12.7. The predicted molar refractivity (Wildman–Crippen MR) is 88.8 cm³/mol. The molecule has 0 saturated heterocycles. The molecule has 0 fully saturated rings. The first kappa shape index (κ1) is 18.2. The van der Waals surface area contributed by atoms with Crippen molar-refractivity contribution in [1.82, 2.24) is 0 Å². The fourth-order valence-electron chi connectivity index (χ4n) is 2.73. The smallest absolute Gasteiger partial charge is 0.289 e. The first-order valence-electron chi connectivity index (χ1n) is 6.85. The maximum atomic E-state index is 12.7. The summed E-state index contributed by atoms with van der Waals surface area (Å²) in [6.07, 6.45) is 0. The molecular weight excluding hydrogens is 270 g/mol. The normalized spacial score (nSPS) is 10.7. The number of aryl methyl sites for hydroxylation is 5. The standard InChI is InChI=1S/C18H21OP.Li/c1-11-9-14(4)16(15(5)10-11)18(19)20-17-12(2)7-6-8-13(17)3;/h6-10,20H,1-5H3;/q;+1. The Morgan fingerprint density at radius 2 is 1.33 bits per heavy atom. The van der Waals surface area contributed by atoms with Crippen molar-refractivity contribution in [3.05, 3.63) is 63.7 Å². The monoisotopic (exact) mass is 291 g/mol. The van der Waals surface area contributed by atoms with Crippen molar-refractivity contribution in [2.24, 2.45) is 0 Å². The molecule has 0 amide bonds. The molecule has 104 valence electrons. The predicted octanol–water partition coefficient (Wildman–Crippen LogP) is 1.38. The van der Waals surface area contributed by atoms with Crippen LogP contribution in [0.2, 0.25) is 0 Å². The molecule has 0 bridgehead atoms. The largest absolute Gasteiger partial charge is 1.00 e. The van der Waals surface area contributed by atoms with E-state index in [0.717, 1.165) is 16.7 Å². The molecule has 1 nitrogen and oxygen atoms in total. The third kappa shape index (κ3) is 4.08. The van der Waals surface area contributed by atoms with E-state index in [1.165, 1.54) is 22.0 Å². The minimum atomic E-state index is 0. The fourth-order valence-corrected chi connectivity index (χ4v) is 4.03. The average Bonchev–Trinajstić information content (AvgIpc) is 2.32. The van der Waals surface area contributed by atoms with E-state index >= 15 is 0 Å². The van der Waals surface area contributed by atoms with E-state index in [0.29, 0.717) is 0 Å². The number of rotatable bonds is 3. The van der Waals surface area contributed by atoms with Gasteiger partial charge < -0.3 is 0 Å². The van der Waals surface area contributed by atoms with Gasteiger partial charge in [0.1, 0.15) is 0 Å². The quantitative estimate of drug-likeness (QED) is 0.617. The molecule has 0 aromatic heterocycles. The molecule has 0 saturated carbocycles. The molecule has 1 atom stereocenters. The summed E-state index contributed by atoms with van der Waals surface area (Å²) in [4.78, 5) is 12.7. The Morgan fingerprint density at radius 3 is 1.81 bits per heavy atom. The second-order valence-corrected chi connectivity index (χ2v) is 6.70. The third-order valence-corrected chi connectivity index (χ3v) is 5.14. The summed E-state index contributed by atoms with van der Waals surface area (Å²) < 4.78 is 0. The van der Waals surface area contributed by atoms with Gasteiger partial charge in [0.25, 0.3) is 0 Å². The van der Waals surface area contributed by atoms with Crippen LogP contribution < -0.4 is 24.2 Å². The van der Waals surface area contributed by atoms with E-state index in [4.69, 9.17) is 0 Å². The van der Waals surface area contributed by atoms with Gasteiger partial charge >= 0.3 is 18.9 Å². The number of carbonyl (C=O) groups is 1. The molecular formula is C18H21LiOP+. The number of hydrogen-bond donors (Lipinski definition) is 0. The number of benzene rings is 2. The van der Waals surface area contributed by atoms with Crippen LogP contribution in [0.5, 0.6) is 0 Å². The van der Waals surface area contributed by atoms with Crippen molar-refractivity contribution in [2.45, 2.75) is 34.6 Å². The topological polar surface area (TPSA) is 17.1 Å². The minimum absolute atomic E-state index is 0.